The molecule has 1 unspecified atom stereocenters. The second-order valence-corrected chi connectivity index (χ2v) is 8.14. The highest BCUT2D eigenvalue weighted by atomic mass is 16.5. The summed E-state index contributed by atoms with van der Waals surface area (Å²) >= 11 is 0. The number of aromatic amines is 1. The van der Waals surface area contributed by atoms with E-state index in [0.717, 1.165) is 30.7 Å². The number of nitrogens with zero attached hydrogens (tertiary/aromatic N) is 3. The summed E-state index contributed by atoms with van der Waals surface area (Å²) in [6.45, 7) is 3.92. The van der Waals surface area contributed by atoms with Crippen LogP contribution in [0.25, 0.3) is 0 Å². The van der Waals surface area contributed by atoms with E-state index in [-0.39, 0.29) is 23.5 Å². The summed E-state index contributed by atoms with van der Waals surface area (Å²) in [5.74, 6) is 1.55. The number of anilines is 2. The van der Waals surface area contributed by atoms with Gasteiger partial charge < -0.3 is 20.3 Å². The maximum Gasteiger partial charge on any atom is 0.254 e. The first-order chi connectivity index (χ1) is 13.9. The fourth-order valence-corrected chi connectivity index (χ4v) is 4.51. The van der Waals surface area contributed by atoms with E-state index in [4.69, 9.17) is 10.5 Å². The van der Waals surface area contributed by atoms with Crippen molar-refractivity contribution in [2.45, 2.75) is 32.2 Å². The van der Waals surface area contributed by atoms with Crippen molar-refractivity contribution in [2.24, 2.45) is 5.41 Å². The number of H-pyrrole nitrogens is 1. The molecule has 0 radical (unpaired) electrons. The second kappa shape index (κ2) is 7.42. The summed E-state index contributed by atoms with van der Waals surface area (Å²) in [5.41, 5.74) is 5.91. The van der Waals surface area contributed by atoms with E-state index in [1.807, 2.05) is 34.1 Å². The van der Waals surface area contributed by atoms with Crippen LogP contribution in [0.5, 0.6) is 5.75 Å². The molecule has 1 aromatic carbocycles. The Bertz CT molecular complexity index is 967. The van der Waals surface area contributed by atoms with E-state index < -0.39 is 5.41 Å². The molecule has 8 heteroatoms. The number of carbonyl (C=O) groups is 1. The third kappa shape index (κ3) is 3.66. The molecule has 4 rings (SSSR count). The van der Waals surface area contributed by atoms with Gasteiger partial charge >= 0.3 is 0 Å². The second-order valence-electron chi connectivity index (χ2n) is 8.14. The molecule has 2 saturated heterocycles. The maximum atomic E-state index is 13.6. The molecule has 3 heterocycles. The van der Waals surface area contributed by atoms with Gasteiger partial charge in [-0.1, -0.05) is 12.1 Å². The minimum Gasteiger partial charge on any atom is -0.497 e. The zero-order chi connectivity index (χ0) is 20.6. The third-order valence-electron chi connectivity index (χ3n) is 6.00. The summed E-state index contributed by atoms with van der Waals surface area (Å²) in [5, 5.41) is 0. The van der Waals surface area contributed by atoms with Gasteiger partial charge in [-0.2, -0.15) is 4.98 Å². The predicted octanol–water partition coefficient (Wildman–Crippen LogP) is 1.42. The Labute approximate surface area is 169 Å². The van der Waals surface area contributed by atoms with Gasteiger partial charge in [0.05, 0.1) is 12.5 Å². The maximum absolute atomic E-state index is 13.6. The molecule has 3 N–H and O–H groups in total. The van der Waals surface area contributed by atoms with Crippen molar-refractivity contribution in [2.75, 3.05) is 37.4 Å². The number of hydrogen-bond acceptors (Lipinski definition) is 6. The first-order valence-corrected chi connectivity index (χ1v) is 9.96. The van der Waals surface area contributed by atoms with E-state index >= 15 is 0 Å². The van der Waals surface area contributed by atoms with Gasteiger partial charge in [0, 0.05) is 31.7 Å². The molecule has 154 valence electrons. The third-order valence-corrected chi connectivity index (χ3v) is 6.00. The van der Waals surface area contributed by atoms with Crippen molar-refractivity contribution in [3.8, 4) is 5.75 Å². The number of benzene rings is 1. The Morgan fingerprint density at radius 2 is 2.17 bits per heavy atom. The van der Waals surface area contributed by atoms with E-state index in [1.54, 1.807) is 7.11 Å². The highest BCUT2D eigenvalue weighted by Crippen LogP contribution is 2.40. The molecule has 0 saturated carbocycles. The Balaban J connectivity index is 1.62. The van der Waals surface area contributed by atoms with Crippen LogP contribution in [0.15, 0.2) is 35.1 Å². The van der Waals surface area contributed by atoms with Crippen LogP contribution in [0.4, 0.5) is 11.8 Å². The van der Waals surface area contributed by atoms with Gasteiger partial charge in [0.2, 0.25) is 11.9 Å². The molecule has 1 atom stereocenters. The van der Waals surface area contributed by atoms with Crippen molar-refractivity contribution >= 4 is 17.7 Å². The van der Waals surface area contributed by atoms with Crippen LogP contribution in [0.2, 0.25) is 0 Å². The number of methoxy groups -OCH3 is 1. The number of nitrogens with two attached hydrogens (primary N) is 1. The van der Waals surface area contributed by atoms with Crippen molar-refractivity contribution in [1.82, 2.24) is 14.9 Å². The van der Waals surface area contributed by atoms with E-state index in [0.29, 0.717) is 25.3 Å². The van der Waals surface area contributed by atoms with Gasteiger partial charge in [0.15, 0.2) is 0 Å². The molecule has 1 aromatic heterocycles. The van der Waals surface area contributed by atoms with E-state index in [1.165, 1.54) is 6.07 Å². The summed E-state index contributed by atoms with van der Waals surface area (Å²) in [6, 6.07) is 9.53. The topological polar surface area (TPSA) is 105 Å². The van der Waals surface area contributed by atoms with Crippen LogP contribution < -0.4 is 20.9 Å². The Morgan fingerprint density at radius 3 is 2.83 bits per heavy atom. The van der Waals surface area contributed by atoms with Crippen LogP contribution >= 0.6 is 0 Å². The van der Waals surface area contributed by atoms with Gasteiger partial charge in [-0.25, -0.2) is 0 Å². The molecular formula is C21H27N5O3. The lowest BCUT2D eigenvalue weighted by Crippen LogP contribution is -2.65. The minimum absolute atomic E-state index is 0.0808. The molecule has 2 aliphatic rings. The molecule has 1 amide bonds. The summed E-state index contributed by atoms with van der Waals surface area (Å²) in [6.07, 6.45) is 2.69. The lowest BCUT2D eigenvalue weighted by atomic mass is 9.73. The number of nitrogen functional groups attached to an aromatic ring is 1. The van der Waals surface area contributed by atoms with Gasteiger partial charge in [0.25, 0.3) is 5.56 Å². The van der Waals surface area contributed by atoms with Crippen molar-refractivity contribution in [3.63, 3.8) is 0 Å². The highest BCUT2D eigenvalue weighted by molar-refractivity contribution is 5.87. The van der Waals surface area contributed by atoms with Crippen LogP contribution in [0.3, 0.4) is 0 Å². The number of rotatable bonds is 5. The zero-order valence-corrected chi connectivity index (χ0v) is 16.9. The Hall–Kier alpha value is -3.03. The van der Waals surface area contributed by atoms with Crippen LogP contribution in [-0.2, 0) is 11.2 Å². The quantitative estimate of drug-likeness (QED) is 0.791. The lowest BCUT2D eigenvalue weighted by Gasteiger charge is -2.51. The number of aromatic nitrogens is 2. The minimum atomic E-state index is -0.552. The lowest BCUT2D eigenvalue weighted by molar-refractivity contribution is -0.144. The smallest absolute Gasteiger partial charge is 0.254 e. The molecule has 2 fully saturated rings. The van der Waals surface area contributed by atoms with Crippen LogP contribution in [-0.4, -0.2) is 53.6 Å². The normalized spacial score (nSPS) is 20.4. The molecule has 0 bridgehead atoms. The molecular weight excluding hydrogens is 370 g/mol. The summed E-state index contributed by atoms with van der Waals surface area (Å²) in [7, 11) is 1.64. The van der Waals surface area contributed by atoms with Crippen molar-refractivity contribution in [3.05, 3.63) is 46.2 Å². The predicted molar refractivity (Wildman–Crippen MR) is 111 cm³/mol. The molecule has 2 aromatic rings. The number of nitrogens with one attached hydrogen (secondary N) is 1. The Morgan fingerprint density at radius 1 is 1.38 bits per heavy atom. The van der Waals surface area contributed by atoms with Gasteiger partial charge in [0.1, 0.15) is 11.6 Å². The summed E-state index contributed by atoms with van der Waals surface area (Å²) < 4.78 is 5.35. The number of ether oxygens (including phenoxy) is 1. The van der Waals surface area contributed by atoms with Crippen molar-refractivity contribution in [1.29, 1.82) is 0 Å². The van der Waals surface area contributed by atoms with E-state index in [9.17, 15) is 9.59 Å². The van der Waals surface area contributed by atoms with E-state index in [2.05, 4.69) is 16.9 Å². The molecule has 0 aliphatic carbocycles. The molecule has 29 heavy (non-hydrogen) atoms. The standard InChI is InChI=1S/C21H27N5O3/c1-14-5-4-8-26(14)19(28)21(11-15-6-3-7-16(9-15)29-2)12-25(13-21)17-10-18(27)24-20(22)23-17/h3,6-7,9-10,14H,4-5,8,11-13H2,1-2H3,(H3,22,23,24,27). The number of likely N-dealkylation sites (tertiary alicyclic amines) is 1. The number of carbonyl (C=O) groups excluding carboxylic acids is 1. The fraction of sp³-hybridized carbons (Fsp3) is 0.476. The fourth-order valence-electron chi connectivity index (χ4n) is 4.51. The van der Waals surface area contributed by atoms with Gasteiger partial charge in [-0.3, -0.25) is 14.6 Å². The average molecular weight is 397 g/mol. The molecule has 0 spiro atoms. The summed E-state index contributed by atoms with van der Waals surface area (Å²) in [4.78, 5) is 36.0. The largest absolute Gasteiger partial charge is 0.497 e. The average Bonchev–Trinajstić information content (AvgIpc) is 3.09. The zero-order valence-electron chi connectivity index (χ0n) is 16.9. The molecule has 2 aliphatic heterocycles. The SMILES string of the molecule is COc1cccc(CC2(C(=O)N3CCCC3C)CN(c3cc(=O)[nH]c(N)n3)C2)c1. The Kier molecular flexibility index (Phi) is 4.94. The first-order valence-electron chi connectivity index (χ1n) is 9.96. The van der Waals surface area contributed by atoms with Crippen molar-refractivity contribution < 1.29 is 9.53 Å². The van der Waals surface area contributed by atoms with Crippen LogP contribution in [0.1, 0.15) is 25.3 Å². The highest BCUT2D eigenvalue weighted by Gasteiger charge is 2.52. The first kappa shape index (κ1) is 19.3. The number of amides is 1. The van der Waals surface area contributed by atoms with Gasteiger partial charge in [-0.15, -0.1) is 0 Å². The number of hydrogen-bond donors (Lipinski definition) is 2. The molecule has 8 nitrogen and oxygen atoms in total. The monoisotopic (exact) mass is 397 g/mol. The van der Waals surface area contributed by atoms with Crippen LogP contribution in [0, 0.1) is 5.41 Å². The van der Waals surface area contributed by atoms with Gasteiger partial charge in [-0.05, 0) is 43.9 Å².